The van der Waals surface area contributed by atoms with Crippen LogP contribution >= 0.6 is 0 Å². The molecule has 0 spiro atoms. The molecule has 1 aliphatic heterocycles. The number of hydrogen-bond acceptors (Lipinski definition) is 3. The molecule has 19 heavy (non-hydrogen) atoms. The van der Waals surface area contributed by atoms with E-state index in [-0.39, 0.29) is 12.5 Å². The van der Waals surface area contributed by atoms with Crippen LogP contribution in [0, 0.1) is 0 Å². The molecule has 4 nitrogen and oxygen atoms in total. The molecule has 2 rings (SSSR count). The van der Waals surface area contributed by atoms with Crippen molar-refractivity contribution in [2.45, 2.75) is 31.9 Å². The van der Waals surface area contributed by atoms with E-state index in [0.717, 1.165) is 13.1 Å². The highest BCUT2D eigenvalue weighted by atomic mass is 16.5. The van der Waals surface area contributed by atoms with E-state index in [9.17, 15) is 4.79 Å². The number of hydrogen-bond donors (Lipinski definition) is 1. The Kier molecular flexibility index (Phi) is 4.93. The van der Waals surface area contributed by atoms with Crippen LogP contribution in [0.25, 0.3) is 0 Å². The van der Waals surface area contributed by atoms with Gasteiger partial charge in [-0.25, -0.2) is 0 Å². The third kappa shape index (κ3) is 4.04. The van der Waals surface area contributed by atoms with E-state index in [4.69, 9.17) is 9.84 Å². The molecule has 1 N–H and O–H groups in total. The van der Waals surface area contributed by atoms with Crippen molar-refractivity contribution in [3.63, 3.8) is 0 Å². The van der Waals surface area contributed by atoms with E-state index in [0.29, 0.717) is 19.1 Å². The molecule has 1 aliphatic rings. The highest BCUT2D eigenvalue weighted by molar-refractivity contribution is 5.66. The van der Waals surface area contributed by atoms with Crippen molar-refractivity contribution < 1.29 is 14.6 Å². The van der Waals surface area contributed by atoms with Gasteiger partial charge < -0.3 is 9.84 Å². The minimum absolute atomic E-state index is 0.0993. The molecule has 1 saturated heterocycles. The van der Waals surface area contributed by atoms with Gasteiger partial charge in [0.2, 0.25) is 0 Å². The maximum atomic E-state index is 10.6. The van der Waals surface area contributed by atoms with Crippen LogP contribution in [0.4, 0.5) is 0 Å². The molecule has 0 saturated carbocycles. The Labute approximate surface area is 114 Å². The van der Waals surface area contributed by atoms with E-state index < -0.39 is 5.97 Å². The number of nitrogens with zero attached hydrogens (tertiary/aromatic N) is 1. The summed E-state index contributed by atoms with van der Waals surface area (Å²) >= 11 is 0. The number of carboxylic acids is 1. The van der Waals surface area contributed by atoms with E-state index in [2.05, 4.69) is 24.0 Å². The van der Waals surface area contributed by atoms with Crippen LogP contribution in [0.3, 0.4) is 0 Å². The normalized spacial score (nSPS) is 24.3. The topological polar surface area (TPSA) is 49.8 Å². The molecule has 2 atom stereocenters. The first-order chi connectivity index (χ1) is 9.16. The summed E-state index contributed by atoms with van der Waals surface area (Å²) in [6, 6.07) is 10.6. The summed E-state index contributed by atoms with van der Waals surface area (Å²) in [5.74, 6) is -0.722. The smallest absolute Gasteiger partial charge is 0.303 e. The van der Waals surface area contributed by atoms with Crippen LogP contribution < -0.4 is 0 Å². The third-order valence-electron chi connectivity index (χ3n) is 3.57. The zero-order valence-corrected chi connectivity index (χ0v) is 11.3. The Morgan fingerprint density at radius 2 is 2.16 bits per heavy atom. The average molecular weight is 263 g/mol. The lowest BCUT2D eigenvalue weighted by atomic mass is 10.1. The minimum atomic E-state index is -0.722. The van der Waals surface area contributed by atoms with Crippen LogP contribution in [-0.4, -0.2) is 41.7 Å². The number of morpholine rings is 1. The number of carbonyl (C=O) groups is 1. The summed E-state index contributed by atoms with van der Waals surface area (Å²) in [6.45, 7) is 4.49. The number of benzene rings is 1. The van der Waals surface area contributed by atoms with Crippen molar-refractivity contribution in [1.82, 2.24) is 4.90 Å². The third-order valence-corrected chi connectivity index (χ3v) is 3.57. The van der Waals surface area contributed by atoms with Crippen LogP contribution in [0.1, 0.15) is 31.4 Å². The maximum absolute atomic E-state index is 10.6. The van der Waals surface area contributed by atoms with E-state index >= 15 is 0 Å². The minimum Gasteiger partial charge on any atom is -0.481 e. The van der Waals surface area contributed by atoms with Crippen molar-refractivity contribution >= 4 is 5.97 Å². The Bertz CT molecular complexity index is 407. The summed E-state index contributed by atoms with van der Waals surface area (Å²) in [4.78, 5) is 12.9. The molecular formula is C15H21NO3. The Balaban J connectivity index is 1.90. The van der Waals surface area contributed by atoms with Gasteiger partial charge in [-0.2, -0.15) is 0 Å². The number of carboxylic acid groups (broad SMARTS) is 1. The summed E-state index contributed by atoms with van der Waals surface area (Å²) in [5.41, 5.74) is 1.19. The van der Waals surface area contributed by atoms with Crippen molar-refractivity contribution in [2.75, 3.05) is 19.7 Å². The van der Waals surface area contributed by atoms with Gasteiger partial charge >= 0.3 is 5.97 Å². The standard InChI is InChI=1S/C15H21NO3/c1-12-11-19-14(13-6-3-2-4-7-13)10-16(12)9-5-8-15(17)18/h2-4,6-7,12,14H,5,8-11H2,1H3,(H,17,18)/t12-,14+/m1/s1. The van der Waals surface area contributed by atoms with E-state index in [1.807, 2.05) is 18.2 Å². The SMILES string of the molecule is C[C@@H]1CO[C@H](c2ccccc2)CN1CCCC(=O)O. The first-order valence-corrected chi connectivity index (χ1v) is 6.79. The first-order valence-electron chi connectivity index (χ1n) is 6.79. The average Bonchev–Trinajstić information content (AvgIpc) is 2.41. The zero-order chi connectivity index (χ0) is 13.7. The summed E-state index contributed by atoms with van der Waals surface area (Å²) in [7, 11) is 0. The molecule has 0 unspecified atom stereocenters. The second-order valence-corrected chi connectivity index (χ2v) is 5.07. The van der Waals surface area contributed by atoms with Crippen LogP contribution in [0.15, 0.2) is 30.3 Å². The monoisotopic (exact) mass is 263 g/mol. The lowest BCUT2D eigenvalue weighted by Gasteiger charge is -2.38. The van der Waals surface area contributed by atoms with Crippen molar-refractivity contribution in [3.05, 3.63) is 35.9 Å². The van der Waals surface area contributed by atoms with Gasteiger partial charge in [-0.05, 0) is 25.5 Å². The maximum Gasteiger partial charge on any atom is 0.303 e. The van der Waals surface area contributed by atoms with Crippen LogP contribution in [0.5, 0.6) is 0 Å². The Morgan fingerprint density at radius 3 is 2.84 bits per heavy atom. The Morgan fingerprint density at radius 1 is 1.42 bits per heavy atom. The quantitative estimate of drug-likeness (QED) is 0.885. The number of rotatable bonds is 5. The van der Waals surface area contributed by atoms with Gasteiger partial charge in [-0.1, -0.05) is 30.3 Å². The zero-order valence-electron chi connectivity index (χ0n) is 11.3. The lowest BCUT2D eigenvalue weighted by molar-refractivity contribution is -0.137. The molecule has 1 fully saturated rings. The molecule has 0 aliphatic carbocycles. The van der Waals surface area contributed by atoms with Crippen molar-refractivity contribution in [1.29, 1.82) is 0 Å². The molecule has 1 aromatic rings. The fraction of sp³-hybridized carbons (Fsp3) is 0.533. The predicted octanol–water partition coefficient (Wildman–Crippen LogP) is 2.31. The molecule has 104 valence electrons. The van der Waals surface area contributed by atoms with E-state index in [1.54, 1.807) is 0 Å². The van der Waals surface area contributed by atoms with Crippen LogP contribution in [-0.2, 0) is 9.53 Å². The fourth-order valence-corrected chi connectivity index (χ4v) is 2.42. The highest BCUT2D eigenvalue weighted by Gasteiger charge is 2.26. The molecule has 0 amide bonds. The van der Waals surface area contributed by atoms with Gasteiger partial charge in [0, 0.05) is 19.0 Å². The van der Waals surface area contributed by atoms with Gasteiger partial charge in [0.25, 0.3) is 0 Å². The highest BCUT2D eigenvalue weighted by Crippen LogP contribution is 2.24. The number of aliphatic carboxylic acids is 1. The predicted molar refractivity (Wildman–Crippen MR) is 73.0 cm³/mol. The van der Waals surface area contributed by atoms with Gasteiger partial charge in [-0.15, -0.1) is 0 Å². The molecule has 0 radical (unpaired) electrons. The summed E-state index contributed by atoms with van der Waals surface area (Å²) < 4.78 is 5.88. The summed E-state index contributed by atoms with van der Waals surface area (Å²) in [5, 5.41) is 8.70. The summed E-state index contributed by atoms with van der Waals surface area (Å²) in [6.07, 6.45) is 1.03. The largest absolute Gasteiger partial charge is 0.481 e. The second-order valence-electron chi connectivity index (χ2n) is 5.07. The van der Waals surface area contributed by atoms with Crippen LogP contribution in [0.2, 0.25) is 0 Å². The molecule has 0 aromatic heterocycles. The molecule has 4 heteroatoms. The number of ether oxygens (including phenoxy) is 1. The lowest BCUT2D eigenvalue weighted by Crippen LogP contribution is -2.45. The molecule has 1 heterocycles. The fourth-order valence-electron chi connectivity index (χ4n) is 2.42. The molecule has 1 aromatic carbocycles. The van der Waals surface area contributed by atoms with E-state index in [1.165, 1.54) is 5.56 Å². The van der Waals surface area contributed by atoms with Gasteiger partial charge in [0.1, 0.15) is 0 Å². The van der Waals surface area contributed by atoms with Gasteiger partial charge in [-0.3, -0.25) is 9.69 Å². The van der Waals surface area contributed by atoms with Crippen molar-refractivity contribution in [2.24, 2.45) is 0 Å². The molecular weight excluding hydrogens is 242 g/mol. The van der Waals surface area contributed by atoms with Gasteiger partial charge in [0.05, 0.1) is 12.7 Å². The van der Waals surface area contributed by atoms with Crippen molar-refractivity contribution in [3.8, 4) is 0 Å². The second kappa shape index (κ2) is 6.68. The first kappa shape index (κ1) is 14.0. The molecule has 0 bridgehead atoms. The van der Waals surface area contributed by atoms with Gasteiger partial charge in [0.15, 0.2) is 0 Å². The Hall–Kier alpha value is -1.39.